The van der Waals surface area contributed by atoms with Crippen molar-refractivity contribution < 1.29 is 4.79 Å². The molecule has 0 spiro atoms. The lowest BCUT2D eigenvalue weighted by Gasteiger charge is -2.32. The molecule has 1 saturated heterocycles. The summed E-state index contributed by atoms with van der Waals surface area (Å²) in [6.07, 6.45) is 10.2. The maximum Gasteiger partial charge on any atom is 0.242 e. The monoisotopic (exact) mass is 287 g/mol. The fourth-order valence-electron chi connectivity index (χ4n) is 2.44. The van der Waals surface area contributed by atoms with Gasteiger partial charge in [-0.3, -0.25) is 9.78 Å². The first-order valence-corrected chi connectivity index (χ1v) is 6.96. The Morgan fingerprint density at radius 3 is 2.81 bits per heavy atom. The van der Waals surface area contributed by atoms with Gasteiger partial charge in [0, 0.05) is 37.7 Å². The maximum atomic E-state index is 11.9. The second-order valence-electron chi connectivity index (χ2n) is 4.99. The van der Waals surface area contributed by atoms with Crippen molar-refractivity contribution in [1.82, 2.24) is 30.3 Å². The number of hydrogen-bond acceptors (Lipinski definition) is 6. The Hall–Kier alpha value is -2.51. The van der Waals surface area contributed by atoms with Crippen molar-refractivity contribution in [2.45, 2.75) is 25.4 Å². The van der Waals surface area contributed by atoms with E-state index in [0.717, 1.165) is 31.7 Å². The van der Waals surface area contributed by atoms with Gasteiger partial charge < -0.3 is 10.2 Å². The Bertz CT molecular complexity index is 563. The molecular weight excluding hydrogens is 270 g/mol. The first-order valence-electron chi connectivity index (χ1n) is 6.96. The van der Waals surface area contributed by atoms with Crippen molar-refractivity contribution in [2.24, 2.45) is 0 Å². The number of anilines is 1. The molecule has 3 rings (SSSR count). The molecular formula is C13H17N7O. The lowest BCUT2D eigenvalue weighted by Crippen LogP contribution is -2.45. The lowest BCUT2D eigenvalue weighted by atomic mass is 10.1. The van der Waals surface area contributed by atoms with Gasteiger partial charge in [-0.25, -0.2) is 9.67 Å². The lowest BCUT2D eigenvalue weighted by molar-refractivity contribution is -0.122. The van der Waals surface area contributed by atoms with Crippen LogP contribution in [-0.4, -0.2) is 50.0 Å². The summed E-state index contributed by atoms with van der Waals surface area (Å²) < 4.78 is 1.52. The van der Waals surface area contributed by atoms with E-state index < -0.39 is 0 Å². The molecule has 1 aliphatic rings. The number of carbonyl (C=O) groups excluding carboxylic acids is 1. The van der Waals surface area contributed by atoms with Crippen molar-refractivity contribution in [1.29, 1.82) is 0 Å². The van der Waals surface area contributed by atoms with Gasteiger partial charge in [-0.05, 0) is 12.8 Å². The van der Waals surface area contributed by atoms with Crippen molar-refractivity contribution in [3.8, 4) is 0 Å². The van der Waals surface area contributed by atoms with E-state index in [4.69, 9.17) is 0 Å². The van der Waals surface area contributed by atoms with Crippen LogP contribution in [0, 0.1) is 0 Å². The highest BCUT2D eigenvalue weighted by Crippen LogP contribution is 2.16. The zero-order valence-electron chi connectivity index (χ0n) is 11.6. The van der Waals surface area contributed by atoms with Crippen molar-refractivity contribution >= 4 is 11.7 Å². The third kappa shape index (κ3) is 3.53. The molecule has 0 saturated carbocycles. The van der Waals surface area contributed by atoms with Crippen LogP contribution in [0.2, 0.25) is 0 Å². The highest BCUT2D eigenvalue weighted by atomic mass is 16.2. The molecule has 1 aliphatic heterocycles. The summed E-state index contributed by atoms with van der Waals surface area (Å²) in [6, 6.07) is 0.203. The summed E-state index contributed by atoms with van der Waals surface area (Å²) in [5, 5.41) is 10.5. The molecule has 110 valence electrons. The van der Waals surface area contributed by atoms with Crippen LogP contribution >= 0.6 is 0 Å². The minimum atomic E-state index is -0.0292. The molecule has 1 N–H and O–H groups in total. The largest absolute Gasteiger partial charge is 0.355 e. The number of nitrogens with zero attached hydrogens (tertiary/aromatic N) is 6. The SMILES string of the molecule is O=C(Cn1ccnn1)NC1CCN(c2cnccn2)CC1. The van der Waals surface area contributed by atoms with E-state index in [2.05, 4.69) is 30.5 Å². The molecule has 0 aliphatic carbocycles. The van der Waals surface area contributed by atoms with Gasteiger partial charge in [0.25, 0.3) is 0 Å². The van der Waals surface area contributed by atoms with Crippen LogP contribution < -0.4 is 10.2 Å². The molecule has 8 nitrogen and oxygen atoms in total. The van der Waals surface area contributed by atoms with Gasteiger partial charge in [-0.15, -0.1) is 5.10 Å². The summed E-state index contributed by atoms with van der Waals surface area (Å²) in [7, 11) is 0. The second kappa shape index (κ2) is 6.29. The minimum absolute atomic E-state index is 0.0292. The first-order chi connectivity index (χ1) is 10.3. The summed E-state index contributed by atoms with van der Waals surface area (Å²) in [4.78, 5) is 22.5. The number of carbonyl (C=O) groups is 1. The number of aromatic nitrogens is 5. The van der Waals surface area contributed by atoms with E-state index in [9.17, 15) is 4.79 Å². The standard InChI is InChI=1S/C13H17N7O/c21-13(10-20-8-5-16-18-20)17-11-1-6-19(7-2-11)12-9-14-3-4-15-12/h3-5,8-9,11H,1-2,6-7,10H2,(H,17,21). The van der Waals surface area contributed by atoms with Crippen LogP contribution in [0.3, 0.4) is 0 Å². The van der Waals surface area contributed by atoms with E-state index in [-0.39, 0.29) is 18.5 Å². The van der Waals surface area contributed by atoms with Crippen LogP contribution in [0.1, 0.15) is 12.8 Å². The zero-order valence-corrected chi connectivity index (χ0v) is 11.6. The average Bonchev–Trinajstić information content (AvgIpc) is 3.02. The fourth-order valence-corrected chi connectivity index (χ4v) is 2.44. The van der Waals surface area contributed by atoms with Crippen LogP contribution in [-0.2, 0) is 11.3 Å². The second-order valence-corrected chi connectivity index (χ2v) is 4.99. The van der Waals surface area contributed by atoms with E-state index >= 15 is 0 Å². The highest BCUT2D eigenvalue weighted by Gasteiger charge is 2.21. The molecule has 2 aromatic rings. The van der Waals surface area contributed by atoms with Gasteiger partial charge in [-0.1, -0.05) is 5.21 Å². The molecule has 2 aromatic heterocycles. The summed E-state index contributed by atoms with van der Waals surface area (Å²) in [6.45, 7) is 1.95. The van der Waals surface area contributed by atoms with E-state index in [1.54, 1.807) is 31.0 Å². The number of rotatable bonds is 4. The van der Waals surface area contributed by atoms with E-state index in [1.807, 2.05) is 0 Å². The van der Waals surface area contributed by atoms with Crippen molar-refractivity contribution in [3.05, 3.63) is 31.0 Å². The van der Waals surface area contributed by atoms with Crippen molar-refractivity contribution in [2.75, 3.05) is 18.0 Å². The van der Waals surface area contributed by atoms with Crippen LogP contribution in [0.25, 0.3) is 0 Å². The smallest absolute Gasteiger partial charge is 0.242 e. The topological polar surface area (TPSA) is 88.8 Å². The Morgan fingerprint density at radius 1 is 1.29 bits per heavy atom. The molecule has 21 heavy (non-hydrogen) atoms. The Balaban J connectivity index is 1.46. The quantitative estimate of drug-likeness (QED) is 0.841. The number of hydrogen-bond donors (Lipinski definition) is 1. The zero-order chi connectivity index (χ0) is 14.5. The molecule has 8 heteroatoms. The van der Waals surface area contributed by atoms with Crippen LogP contribution in [0.5, 0.6) is 0 Å². The summed E-state index contributed by atoms with van der Waals surface area (Å²) >= 11 is 0. The van der Waals surface area contributed by atoms with E-state index in [0.29, 0.717) is 0 Å². The molecule has 0 aromatic carbocycles. The Labute approximate surface area is 122 Å². The van der Waals surface area contributed by atoms with Gasteiger partial charge >= 0.3 is 0 Å². The first kappa shape index (κ1) is 13.5. The molecule has 0 atom stereocenters. The van der Waals surface area contributed by atoms with Gasteiger partial charge in [-0.2, -0.15) is 0 Å². The number of piperidine rings is 1. The predicted octanol–water partition coefficient (Wildman–Crippen LogP) is -0.147. The number of nitrogens with one attached hydrogen (secondary N) is 1. The maximum absolute atomic E-state index is 11.9. The third-order valence-electron chi connectivity index (χ3n) is 3.51. The summed E-state index contributed by atoms with van der Waals surface area (Å²) in [5.74, 6) is 0.864. The third-order valence-corrected chi connectivity index (χ3v) is 3.51. The molecule has 0 bridgehead atoms. The van der Waals surface area contributed by atoms with Gasteiger partial charge in [0.15, 0.2) is 0 Å². The average molecular weight is 287 g/mol. The van der Waals surface area contributed by atoms with Gasteiger partial charge in [0.1, 0.15) is 12.4 Å². The van der Waals surface area contributed by atoms with Crippen LogP contribution in [0.4, 0.5) is 5.82 Å². The number of amides is 1. The minimum Gasteiger partial charge on any atom is -0.355 e. The molecule has 1 amide bonds. The normalized spacial score (nSPS) is 15.9. The van der Waals surface area contributed by atoms with E-state index in [1.165, 1.54) is 4.68 Å². The predicted molar refractivity (Wildman–Crippen MR) is 75.4 cm³/mol. The van der Waals surface area contributed by atoms with Crippen molar-refractivity contribution in [3.63, 3.8) is 0 Å². The van der Waals surface area contributed by atoms with Gasteiger partial charge in [0.05, 0.1) is 12.4 Å². The molecule has 1 fully saturated rings. The molecule has 0 radical (unpaired) electrons. The fraction of sp³-hybridized carbons (Fsp3) is 0.462. The van der Waals surface area contributed by atoms with Crippen LogP contribution in [0.15, 0.2) is 31.0 Å². The highest BCUT2D eigenvalue weighted by molar-refractivity contribution is 5.75. The summed E-state index contributed by atoms with van der Waals surface area (Å²) in [5.41, 5.74) is 0. The van der Waals surface area contributed by atoms with Gasteiger partial charge in [0.2, 0.25) is 5.91 Å². The Kier molecular flexibility index (Phi) is 4.04. The molecule has 0 unspecified atom stereocenters. The Morgan fingerprint density at radius 2 is 2.14 bits per heavy atom. The molecule has 3 heterocycles.